The van der Waals surface area contributed by atoms with Gasteiger partial charge in [0.05, 0.1) is 0 Å². The molecule has 0 aromatic rings. The Kier molecular flexibility index (Phi) is 7.39. The normalized spacial score (nSPS) is 13.8. The van der Waals surface area contributed by atoms with Crippen LogP contribution in [0, 0.1) is 0 Å². The van der Waals surface area contributed by atoms with E-state index in [-0.39, 0.29) is 6.04 Å². The molecule has 0 heterocycles. The number of carboxylic acids is 1. The Morgan fingerprint density at radius 1 is 1.25 bits per heavy atom. The molecule has 0 aliphatic rings. The van der Waals surface area contributed by atoms with Crippen molar-refractivity contribution in [2.45, 2.75) is 77.8 Å². The zero-order valence-electron chi connectivity index (χ0n) is 11.2. The first-order valence-electron chi connectivity index (χ1n) is 6.53. The molecule has 1 atom stereocenters. The zero-order chi connectivity index (χ0) is 12.6. The van der Waals surface area contributed by atoms with Gasteiger partial charge in [-0.2, -0.15) is 0 Å². The van der Waals surface area contributed by atoms with Crippen molar-refractivity contribution in [3.8, 4) is 0 Å². The van der Waals surface area contributed by atoms with Gasteiger partial charge in [0.15, 0.2) is 0 Å². The third-order valence-electron chi connectivity index (χ3n) is 3.38. The minimum Gasteiger partial charge on any atom is -0.480 e. The molecule has 0 saturated heterocycles. The topological polar surface area (TPSA) is 49.3 Å². The molecule has 0 amide bonds. The van der Waals surface area contributed by atoms with Crippen LogP contribution >= 0.6 is 0 Å². The van der Waals surface area contributed by atoms with Gasteiger partial charge in [0.25, 0.3) is 0 Å². The van der Waals surface area contributed by atoms with Gasteiger partial charge in [0, 0.05) is 6.04 Å². The smallest absolute Gasteiger partial charge is 0.323 e. The van der Waals surface area contributed by atoms with Gasteiger partial charge < -0.3 is 5.11 Å². The molecule has 3 heteroatoms. The standard InChI is InChI=1S/C13H27NO2/c1-5-8-9-10-11(4)14-13(6-2,7-3)12(15)16/h11,14H,5-10H2,1-4H3,(H,15,16). The molecule has 0 aromatic carbocycles. The summed E-state index contributed by atoms with van der Waals surface area (Å²) in [5.74, 6) is -0.722. The van der Waals surface area contributed by atoms with Gasteiger partial charge in [-0.15, -0.1) is 0 Å². The summed E-state index contributed by atoms with van der Waals surface area (Å²) in [5.41, 5.74) is -0.731. The van der Waals surface area contributed by atoms with Crippen molar-refractivity contribution in [3.63, 3.8) is 0 Å². The van der Waals surface area contributed by atoms with Crippen LogP contribution in [-0.2, 0) is 4.79 Å². The predicted octanol–water partition coefficient (Wildman–Crippen LogP) is 3.19. The molecule has 0 saturated carbocycles. The van der Waals surface area contributed by atoms with Crippen molar-refractivity contribution in [3.05, 3.63) is 0 Å². The molecule has 0 bridgehead atoms. The molecule has 0 fully saturated rings. The van der Waals surface area contributed by atoms with Gasteiger partial charge >= 0.3 is 5.97 Å². The van der Waals surface area contributed by atoms with E-state index >= 15 is 0 Å². The molecule has 3 nitrogen and oxygen atoms in total. The van der Waals surface area contributed by atoms with Crippen LogP contribution in [0.3, 0.4) is 0 Å². The number of nitrogens with one attached hydrogen (secondary N) is 1. The summed E-state index contributed by atoms with van der Waals surface area (Å²) >= 11 is 0. The fraction of sp³-hybridized carbons (Fsp3) is 0.923. The van der Waals surface area contributed by atoms with Crippen molar-refractivity contribution >= 4 is 5.97 Å². The minimum absolute atomic E-state index is 0.280. The average molecular weight is 229 g/mol. The van der Waals surface area contributed by atoms with Crippen LogP contribution in [0.2, 0.25) is 0 Å². The summed E-state index contributed by atoms with van der Waals surface area (Å²) in [4.78, 5) is 11.3. The predicted molar refractivity (Wildman–Crippen MR) is 67.7 cm³/mol. The monoisotopic (exact) mass is 229 g/mol. The molecular weight excluding hydrogens is 202 g/mol. The maximum Gasteiger partial charge on any atom is 0.323 e. The first-order valence-corrected chi connectivity index (χ1v) is 6.53. The number of rotatable bonds is 9. The van der Waals surface area contributed by atoms with E-state index in [1.165, 1.54) is 19.3 Å². The van der Waals surface area contributed by atoms with E-state index in [0.29, 0.717) is 12.8 Å². The van der Waals surface area contributed by atoms with Crippen LogP contribution in [0.15, 0.2) is 0 Å². The fourth-order valence-electron chi connectivity index (χ4n) is 2.06. The Morgan fingerprint density at radius 2 is 1.81 bits per heavy atom. The van der Waals surface area contributed by atoms with Crippen molar-refractivity contribution in [1.29, 1.82) is 0 Å². The summed E-state index contributed by atoms with van der Waals surface area (Å²) in [6, 6.07) is 0.280. The van der Waals surface area contributed by atoms with Crippen LogP contribution in [0.1, 0.15) is 66.2 Å². The summed E-state index contributed by atoms with van der Waals surface area (Å²) in [7, 11) is 0. The quantitative estimate of drug-likeness (QED) is 0.597. The average Bonchev–Trinajstić information content (AvgIpc) is 2.26. The molecule has 0 aliphatic heterocycles. The lowest BCUT2D eigenvalue weighted by atomic mass is 9.91. The highest BCUT2D eigenvalue weighted by Crippen LogP contribution is 2.18. The third-order valence-corrected chi connectivity index (χ3v) is 3.38. The molecule has 0 spiro atoms. The Balaban J connectivity index is 4.23. The SMILES string of the molecule is CCCCCC(C)NC(CC)(CC)C(=O)O. The number of hydrogen-bond acceptors (Lipinski definition) is 2. The van der Waals surface area contributed by atoms with E-state index in [9.17, 15) is 9.90 Å². The lowest BCUT2D eigenvalue weighted by molar-refractivity contribution is -0.145. The fourth-order valence-corrected chi connectivity index (χ4v) is 2.06. The second-order valence-electron chi connectivity index (χ2n) is 4.64. The van der Waals surface area contributed by atoms with Crippen LogP contribution in [0.5, 0.6) is 0 Å². The number of carbonyl (C=O) groups is 1. The van der Waals surface area contributed by atoms with E-state index < -0.39 is 11.5 Å². The Morgan fingerprint density at radius 3 is 2.19 bits per heavy atom. The third kappa shape index (κ3) is 4.52. The van der Waals surface area contributed by atoms with Crippen molar-refractivity contribution in [2.75, 3.05) is 0 Å². The van der Waals surface area contributed by atoms with Crippen molar-refractivity contribution < 1.29 is 9.90 Å². The summed E-state index contributed by atoms with van der Waals surface area (Å²) in [5, 5.41) is 12.6. The minimum atomic E-state index is -0.731. The molecular formula is C13H27NO2. The molecule has 0 aliphatic carbocycles. The number of hydrogen-bond donors (Lipinski definition) is 2. The van der Waals surface area contributed by atoms with Gasteiger partial charge in [-0.1, -0.05) is 40.0 Å². The molecule has 0 aromatic heterocycles. The van der Waals surface area contributed by atoms with E-state index in [2.05, 4.69) is 19.2 Å². The number of aliphatic carboxylic acids is 1. The molecule has 16 heavy (non-hydrogen) atoms. The maximum absolute atomic E-state index is 11.3. The van der Waals surface area contributed by atoms with Gasteiger partial charge in [-0.3, -0.25) is 10.1 Å². The largest absolute Gasteiger partial charge is 0.480 e. The van der Waals surface area contributed by atoms with Gasteiger partial charge in [-0.25, -0.2) is 0 Å². The Bertz CT molecular complexity index is 200. The van der Waals surface area contributed by atoms with E-state index in [1.54, 1.807) is 0 Å². The highest BCUT2D eigenvalue weighted by molar-refractivity contribution is 5.78. The van der Waals surface area contributed by atoms with Crippen LogP contribution < -0.4 is 5.32 Å². The van der Waals surface area contributed by atoms with Crippen LogP contribution in [0.4, 0.5) is 0 Å². The van der Waals surface area contributed by atoms with Crippen LogP contribution in [0.25, 0.3) is 0 Å². The Labute approximate surface area is 99.6 Å². The van der Waals surface area contributed by atoms with E-state index in [4.69, 9.17) is 0 Å². The summed E-state index contributed by atoms with van der Waals surface area (Å²) < 4.78 is 0. The zero-order valence-corrected chi connectivity index (χ0v) is 11.2. The highest BCUT2D eigenvalue weighted by Gasteiger charge is 2.35. The number of carboxylic acid groups (broad SMARTS) is 1. The van der Waals surface area contributed by atoms with Gasteiger partial charge in [-0.05, 0) is 26.2 Å². The maximum atomic E-state index is 11.3. The molecule has 0 radical (unpaired) electrons. The molecule has 2 N–H and O–H groups in total. The summed E-state index contributed by atoms with van der Waals surface area (Å²) in [6.07, 6.45) is 5.94. The molecule has 0 rings (SSSR count). The van der Waals surface area contributed by atoms with Crippen molar-refractivity contribution in [1.82, 2.24) is 5.32 Å². The van der Waals surface area contributed by atoms with Gasteiger partial charge in [0.1, 0.15) is 5.54 Å². The van der Waals surface area contributed by atoms with Gasteiger partial charge in [0.2, 0.25) is 0 Å². The van der Waals surface area contributed by atoms with Crippen molar-refractivity contribution in [2.24, 2.45) is 0 Å². The van der Waals surface area contributed by atoms with E-state index in [1.807, 2.05) is 13.8 Å². The first kappa shape index (κ1) is 15.4. The first-order chi connectivity index (χ1) is 7.52. The second-order valence-corrected chi connectivity index (χ2v) is 4.64. The lowest BCUT2D eigenvalue weighted by Gasteiger charge is -2.31. The summed E-state index contributed by atoms with van der Waals surface area (Å²) in [6.45, 7) is 8.13. The van der Waals surface area contributed by atoms with Crippen LogP contribution in [-0.4, -0.2) is 22.7 Å². The van der Waals surface area contributed by atoms with E-state index in [0.717, 1.165) is 6.42 Å². The molecule has 1 unspecified atom stereocenters. The molecule has 96 valence electrons. The lowest BCUT2D eigenvalue weighted by Crippen LogP contribution is -2.54. The number of unbranched alkanes of at least 4 members (excludes halogenated alkanes) is 2. The Hall–Kier alpha value is -0.570. The highest BCUT2D eigenvalue weighted by atomic mass is 16.4. The second kappa shape index (κ2) is 7.66.